The van der Waals surface area contributed by atoms with Crippen LogP contribution in [0, 0.1) is 17.8 Å². The van der Waals surface area contributed by atoms with Crippen molar-refractivity contribution in [2.45, 2.75) is 35.1 Å². The van der Waals surface area contributed by atoms with Crippen LogP contribution in [0.3, 0.4) is 0 Å². The molecule has 1 spiro atoms. The number of piperidine rings is 1. The van der Waals surface area contributed by atoms with Crippen molar-refractivity contribution in [2.75, 3.05) is 29.5 Å². The standard InChI is InChI=1S/C25H26ClN7OS/c1-3-14-4-5-15-13-25(20(27)16(15)12-14)7-10-33(11-8-25)24-31-22(29)19(23(34)32(24)2)35-17-6-9-30-21(28)18(17)26/h1,4-6,9,12,20H,7-8,10-11,13,27,29H2,2H3,(H2,28,30)/t20-/m1/s1. The molecule has 0 radical (unpaired) electrons. The van der Waals surface area contributed by atoms with E-state index < -0.39 is 0 Å². The zero-order chi connectivity index (χ0) is 24.9. The van der Waals surface area contributed by atoms with E-state index in [0.717, 1.165) is 55.2 Å². The number of pyridine rings is 1. The Morgan fingerprint density at radius 2 is 1.97 bits per heavy atom. The summed E-state index contributed by atoms with van der Waals surface area (Å²) in [7, 11) is 1.71. The van der Waals surface area contributed by atoms with Crippen LogP contribution in [0.15, 0.2) is 45.0 Å². The van der Waals surface area contributed by atoms with E-state index >= 15 is 0 Å². The van der Waals surface area contributed by atoms with Crippen LogP contribution in [0.1, 0.15) is 35.6 Å². The molecule has 1 aliphatic carbocycles. The number of hydrogen-bond donors (Lipinski definition) is 3. The van der Waals surface area contributed by atoms with Gasteiger partial charge in [0.25, 0.3) is 5.56 Å². The van der Waals surface area contributed by atoms with Crippen molar-refractivity contribution in [3.05, 3.63) is 62.5 Å². The van der Waals surface area contributed by atoms with Gasteiger partial charge in [0.1, 0.15) is 16.5 Å². The average Bonchev–Trinajstić information content (AvgIpc) is 3.12. The van der Waals surface area contributed by atoms with Gasteiger partial charge in [-0.05, 0) is 54.0 Å². The van der Waals surface area contributed by atoms with Gasteiger partial charge in [-0.15, -0.1) is 6.42 Å². The second-order valence-electron chi connectivity index (χ2n) is 9.16. The van der Waals surface area contributed by atoms with Crippen molar-refractivity contribution >= 4 is 40.9 Å². The summed E-state index contributed by atoms with van der Waals surface area (Å²) in [6.45, 7) is 1.45. The summed E-state index contributed by atoms with van der Waals surface area (Å²) >= 11 is 7.40. The van der Waals surface area contributed by atoms with Crippen molar-refractivity contribution in [3.8, 4) is 12.3 Å². The van der Waals surface area contributed by atoms with Gasteiger partial charge in [0.2, 0.25) is 5.95 Å². The summed E-state index contributed by atoms with van der Waals surface area (Å²) in [5.41, 5.74) is 21.8. The van der Waals surface area contributed by atoms with Crippen LogP contribution in [0.4, 0.5) is 17.6 Å². The third-order valence-electron chi connectivity index (χ3n) is 7.24. The number of nitrogen functional groups attached to an aromatic ring is 2. The van der Waals surface area contributed by atoms with E-state index in [0.29, 0.717) is 15.7 Å². The number of aromatic nitrogens is 3. The lowest BCUT2D eigenvalue weighted by atomic mass is 9.73. The number of nitrogens with zero attached hydrogens (tertiary/aromatic N) is 4. The van der Waals surface area contributed by atoms with Crippen LogP contribution in [0.25, 0.3) is 0 Å². The summed E-state index contributed by atoms with van der Waals surface area (Å²) in [5.74, 6) is 3.61. The fraction of sp³-hybridized carbons (Fsp3) is 0.320. The van der Waals surface area contributed by atoms with E-state index in [2.05, 4.69) is 26.9 Å². The molecule has 2 aromatic heterocycles. The Hall–Kier alpha value is -3.19. The van der Waals surface area contributed by atoms with E-state index in [-0.39, 0.29) is 33.7 Å². The first-order valence-corrected chi connectivity index (χ1v) is 12.5. The van der Waals surface area contributed by atoms with Gasteiger partial charge >= 0.3 is 0 Å². The van der Waals surface area contributed by atoms with Gasteiger partial charge < -0.3 is 22.1 Å². The lowest BCUT2D eigenvalue weighted by Crippen LogP contribution is -2.46. The molecule has 35 heavy (non-hydrogen) atoms. The molecule has 0 saturated carbocycles. The molecule has 2 aliphatic rings. The van der Waals surface area contributed by atoms with E-state index in [4.69, 9.17) is 35.2 Å². The van der Waals surface area contributed by atoms with Crippen LogP contribution in [-0.2, 0) is 13.5 Å². The smallest absolute Gasteiger partial charge is 0.270 e. The van der Waals surface area contributed by atoms with E-state index in [1.165, 1.54) is 16.3 Å². The maximum absolute atomic E-state index is 13.2. The van der Waals surface area contributed by atoms with Gasteiger partial charge in [0, 0.05) is 42.8 Å². The van der Waals surface area contributed by atoms with Crippen LogP contribution in [0.5, 0.6) is 0 Å². The van der Waals surface area contributed by atoms with Crippen LogP contribution in [-0.4, -0.2) is 27.6 Å². The summed E-state index contributed by atoms with van der Waals surface area (Å²) in [4.78, 5) is 24.8. The Bertz CT molecular complexity index is 1420. The molecule has 1 fully saturated rings. The molecule has 180 valence electrons. The molecule has 5 rings (SSSR count). The molecular weight excluding hydrogens is 482 g/mol. The number of terminal acetylenes is 1. The highest BCUT2D eigenvalue weighted by molar-refractivity contribution is 7.99. The molecule has 3 heterocycles. The highest BCUT2D eigenvalue weighted by Gasteiger charge is 2.46. The van der Waals surface area contributed by atoms with Gasteiger partial charge in [-0.3, -0.25) is 9.36 Å². The highest BCUT2D eigenvalue weighted by atomic mass is 35.5. The number of nitrogens with two attached hydrogens (primary N) is 3. The van der Waals surface area contributed by atoms with Crippen LogP contribution in [0.2, 0.25) is 5.02 Å². The van der Waals surface area contributed by atoms with Gasteiger partial charge in [0.15, 0.2) is 0 Å². The molecule has 0 unspecified atom stereocenters. The Labute approximate surface area is 212 Å². The van der Waals surface area contributed by atoms with E-state index in [9.17, 15) is 4.79 Å². The first-order valence-electron chi connectivity index (χ1n) is 11.3. The minimum Gasteiger partial charge on any atom is -0.382 e. The van der Waals surface area contributed by atoms with Crippen molar-refractivity contribution in [3.63, 3.8) is 0 Å². The van der Waals surface area contributed by atoms with Crippen LogP contribution >= 0.6 is 23.4 Å². The predicted molar refractivity (Wildman–Crippen MR) is 141 cm³/mol. The first kappa shape index (κ1) is 23.5. The third-order valence-corrected chi connectivity index (χ3v) is 8.89. The van der Waals surface area contributed by atoms with Gasteiger partial charge in [-0.2, -0.15) is 4.98 Å². The largest absolute Gasteiger partial charge is 0.382 e. The molecule has 1 atom stereocenters. The van der Waals surface area contributed by atoms with Crippen molar-refractivity contribution in [2.24, 2.45) is 18.2 Å². The first-order chi connectivity index (χ1) is 16.7. The Balaban J connectivity index is 1.37. The van der Waals surface area contributed by atoms with E-state index in [1.54, 1.807) is 13.1 Å². The maximum Gasteiger partial charge on any atom is 0.270 e. The zero-order valence-electron chi connectivity index (χ0n) is 19.3. The second-order valence-corrected chi connectivity index (χ2v) is 10.6. The number of anilines is 3. The highest BCUT2D eigenvalue weighted by Crippen LogP contribution is 2.51. The number of halogens is 1. The SMILES string of the molecule is C#Cc1ccc2c(c1)[C@@H](N)C1(CCN(c3nc(N)c(Sc4ccnc(N)c4Cl)c(=O)n3C)CC1)C2. The Kier molecular flexibility index (Phi) is 5.91. The van der Waals surface area contributed by atoms with Gasteiger partial charge in [-0.1, -0.05) is 35.3 Å². The summed E-state index contributed by atoms with van der Waals surface area (Å²) in [5, 5.41) is 0.285. The Morgan fingerprint density at radius 3 is 2.69 bits per heavy atom. The molecule has 8 nitrogen and oxygen atoms in total. The summed E-state index contributed by atoms with van der Waals surface area (Å²) in [6, 6.07) is 7.76. The quantitative estimate of drug-likeness (QED) is 0.461. The summed E-state index contributed by atoms with van der Waals surface area (Å²) in [6.07, 6.45) is 9.82. The molecule has 10 heteroatoms. The van der Waals surface area contributed by atoms with Crippen molar-refractivity contribution < 1.29 is 0 Å². The molecule has 0 bridgehead atoms. The minimum atomic E-state index is -0.240. The fourth-order valence-corrected chi connectivity index (χ4v) is 6.33. The predicted octanol–water partition coefficient (Wildman–Crippen LogP) is 2.97. The zero-order valence-corrected chi connectivity index (χ0v) is 20.9. The number of rotatable bonds is 3. The molecular formula is C25H26ClN7OS. The molecule has 1 aromatic carbocycles. The molecule has 0 amide bonds. The molecule has 1 saturated heterocycles. The number of hydrogen-bond acceptors (Lipinski definition) is 8. The molecule has 1 aliphatic heterocycles. The summed E-state index contributed by atoms with van der Waals surface area (Å²) < 4.78 is 1.54. The van der Waals surface area contributed by atoms with Crippen molar-refractivity contribution in [1.29, 1.82) is 0 Å². The van der Waals surface area contributed by atoms with Crippen LogP contribution < -0.4 is 27.7 Å². The fourth-order valence-electron chi connectivity index (χ4n) is 5.19. The number of fused-ring (bicyclic) bond motifs is 1. The lowest BCUT2D eigenvalue weighted by Gasteiger charge is -2.42. The monoisotopic (exact) mass is 507 g/mol. The Morgan fingerprint density at radius 1 is 1.23 bits per heavy atom. The second kappa shape index (κ2) is 8.79. The minimum absolute atomic E-state index is 0.0235. The van der Waals surface area contributed by atoms with Crippen molar-refractivity contribution in [1.82, 2.24) is 14.5 Å². The molecule has 6 N–H and O–H groups in total. The lowest BCUT2D eigenvalue weighted by molar-refractivity contribution is 0.186. The normalized spacial score (nSPS) is 18.5. The maximum atomic E-state index is 13.2. The molecule has 3 aromatic rings. The third kappa shape index (κ3) is 3.92. The van der Waals surface area contributed by atoms with Gasteiger partial charge in [-0.25, -0.2) is 4.98 Å². The topological polar surface area (TPSA) is 129 Å². The average molecular weight is 508 g/mol. The van der Waals surface area contributed by atoms with Gasteiger partial charge in [0.05, 0.1) is 5.02 Å². The van der Waals surface area contributed by atoms with E-state index in [1.807, 2.05) is 12.1 Å². The number of benzene rings is 1.